The van der Waals surface area contributed by atoms with E-state index in [9.17, 15) is 5.11 Å². The minimum atomic E-state index is -0.528. The lowest BCUT2D eigenvalue weighted by molar-refractivity contribution is 0.176. The minimum Gasteiger partial charge on any atom is -0.388 e. The highest BCUT2D eigenvalue weighted by molar-refractivity contribution is 6.35. The van der Waals surface area contributed by atoms with Crippen molar-refractivity contribution >= 4 is 34.0 Å². The highest BCUT2D eigenvalue weighted by Gasteiger charge is 2.11. The first-order valence-corrected chi connectivity index (χ1v) is 6.06. The fourth-order valence-electron chi connectivity index (χ4n) is 1.84. The lowest BCUT2D eigenvalue weighted by Crippen LogP contribution is -1.99. The number of aliphatic hydroxyl groups excluding tert-OH is 1. The van der Waals surface area contributed by atoms with E-state index in [2.05, 4.69) is 0 Å². The molecule has 0 saturated carbocycles. The first-order chi connectivity index (χ1) is 7.74. The molecule has 0 radical (unpaired) electrons. The van der Waals surface area contributed by atoms with Crippen LogP contribution in [0.5, 0.6) is 0 Å². The van der Waals surface area contributed by atoms with Gasteiger partial charge in [-0.3, -0.25) is 0 Å². The van der Waals surface area contributed by atoms with Crippen molar-refractivity contribution in [1.82, 2.24) is 0 Å². The third-order valence-electron chi connectivity index (χ3n) is 2.65. The van der Waals surface area contributed by atoms with Crippen LogP contribution >= 0.6 is 23.2 Å². The molecular formula is C13H12Cl2O. The molecule has 1 unspecified atom stereocenters. The Morgan fingerprint density at radius 2 is 1.75 bits per heavy atom. The van der Waals surface area contributed by atoms with Gasteiger partial charge in [0.25, 0.3) is 0 Å². The van der Waals surface area contributed by atoms with E-state index in [1.165, 1.54) is 0 Å². The number of benzene rings is 2. The maximum absolute atomic E-state index is 9.98. The third-order valence-corrected chi connectivity index (χ3v) is 3.19. The number of halogens is 2. The second kappa shape index (κ2) is 5.05. The molecule has 1 nitrogen and oxygen atoms in total. The number of aliphatic hydroxyl groups is 1. The van der Waals surface area contributed by atoms with Gasteiger partial charge in [-0.05, 0) is 23.4 Å². The van der Waals surface area contributed by atoms with Crippen LogP contribution in [0.15, 0.2) is 36.4 Å². The highest BCUT2D eigenvalue weighted by atomic mass is 35.5. The van der Waals surface area contributed by atoms with E-state index in [4.69, 9.17) is 23.2 Å². The van der Waals surface area contributed by atoms with Crippen LogP contribution in [0.2, 0.25) is 5.02 Å². The van der Waals surface area contributed by atoms with Crippen LogP contribution < -0.4 is 0 Å². The lowest BCUT2D eigenvalue weighted by atomic mass is 9.99. The van der Waals surface area contributed by atoms with Crippen LogP contribution in [0.1, 0.15) is 18.1 Å². The smallest absolute Gasteiger partial charge is 0.0807 e. The van der Waals surface area contributed by atoms with Crippen LogP contribution in [-0.4, -0.2) is 11.0 Å². The van der Waals surface area contributed by atoms with Crippen LogP contribution in [0.3, 0.4) is 0 Å². The quantitative estimate of drug-likeness (QED) is 0.816. The molecule has 2 rings (SSSR count). The van der Waals surface area contributed by atoms with Gasteiger partial charge in [-0.15, -0.1) is 11.6 Å². The Kier molecular flexibility index (Phi) is 3.70. The topological polar surface area (TPSA) is 20.2 Å². The zero-order valence-corrected chi connectivity index (χ0v) is 10.2. The fraction of sp³-hybridized carbons (Fsp3) is 0.231. The van der Waals surface area contributed by atoms with Gasteiger partial charge in [0.1, 0.15) is 0 Å². The maximum Gasteiger partial charge on any atom is 0.0807 e. The summed E-state index contributed by atoms with van der Waals surface area (Å²) in [5.74, 6) is 0.443. The van der Waals surface area contributed by atoms with Crippen LogP contribution in [-0.2, 0) is 0 Å². The van der Waals surface area contributed by atoms with Crippen molar-refractivity contribution in [2.75, 3.05) is 5.88 Å². The monoisotopic (exact) mass is 254 g/mol. The van der Waals surface area contributed by atoms with Crippen molar-refractivity contribution in [3.8, 4) is 0 Å². The van der Waals surface area contributed by atoms with Gasteiger partial charge < -0.3 is 5.11 Å². The van der Waals surface area contributed by atoms with Gasteiger partial charge in [0.15, 0.2) is 0 Å². The summed E-state index contributed by atoms with van der Waals surface area (Å²) in [6, 6.07) is 11.5. The summed E-state index contributed by atoms with van der Waals surface area (Å²) < 4.78 is 0. The second-order valence-electron chi connectivity index (χ2n) is 3.68. The molecule has 0 heterocycles. The van der Waals surface area contributed by atoms with E-state index in [0.717, 1.165) is 16.3 Å². The normalized spacial score (nSPS) is 12.9. The van der Waals surface area contributed by atoms with Gasteiger partial charge in [-0.1, -0.05) is 41.9 Å². The molecule has 0 aliphatic carbocycles. The van der Waals surface area contributed by atoms with Crippen LogP contribution in [0.25, 0.3) is 10.8 Å². The maximum atomic E-state index is 9.98. The highest BCUT2D eigenvalue weighted by Crippen LogP contribution is 2.31. The van der Waals surface area contributed by atoms with Crippen molar-refractivity contribution in [1.29, 1.82) is 0 Å². The first kappa shape index (κ1) is 11.7. The molecule has 1 atom stereocenters. The summed E-state index contributed by atoms with van der Waals surface area (Å²) in [6.45, 7) is 0. The summed E-state index contributed by atoms with van der Waals surface area (Å²) in [7, 11) is 0. The molecule has 0 saturated heterocycles. The first-order valence-electron chi connectivity index (χ1n) is 5.15. The predicted molar refractivity (Wildman–Crippen MR) is 69.3 cm³/mol. The molecule has 0 amide bonds. The molecule has 2 aromatic rings. The molecule has 16 heavy (non-hydrogen) atoms. The standard InChI is InChI=1S/C13H12Cl2O/c14-8-7-13(16)11-5-6-12(15)10-4-2-1-3-9(10)11/h1-6,13,16H,7-8H2. The fourth-order valence-corrected chi connectivity index (χ4v) is 2.27. The zero-order chi connectivity index (χ0) is 11.5. The molecule has 84 valence electrons. The molecule has 2 aromatic carbocycles. The zero-order valence-electron chi connectivity index (χ0n) is 8.66. The Labute approximate surface area is 105 Å². The summed E-state index contributed by atoms with van der Waals surface area (Å²) in [5.41, 5.74) is 0.889. The van der Waals surface area contributed by atoms with Crippen molar-refractivity contribution in [3.63, 3.8) is 0 Å². The van der Waals surface area contributed by atoms with E-state index < -0.39 is 6.10 Å². The van der Waals surface area contributed by atoms with Crippen molar-refractivity contribution in [2.45, 2.75) is 12.5 Å². The number of alkyl halides is 1. The van der Waals surface area contributed by atoms with E-state index in [0.29, 0.717) is 17.3 Å². The van der Waals surface area contributed by atoms with Crippen LogP contribution in [0.4, 0.5) is 0 Å². The minimum absolute atomic E-state index is 0.443. The van der Waals surface area contributed by atoms with E-state index in [1.54, 1.807) is 0 Å². The van der Waals surface area contributed by atoms with Gasteiger partial charge >= 0.3 is 0 Å². The van der Waals surface area contributed by atoms with E-state index >= 15 is 0 Å². The summed E-state index contributed by atoms with van der Waals surface area (Å²) >= 11 is 11.7. The van der Waals surface area contributed by atoms with E-state index in [-0.39, 0.29) is 0 Å². The molecule has 0 bridgehead atoms. The average Bonchev–Trinajstić information content (AvgIpc) is 2.30. The number of hydrogen-bond donors (Lipinski definition) is 1. The molecular weight excluding hydrogens is 243 g/mol. The number of rotatable bonds is 3. The SMILES string of the molecule is OC(CCCl)c1ccc(Cl)c2ccccc12. The largest absolute Gasteiger partial charge is 0.388 e. The summed E-state index contributed by atoms with van der Waals surface area (Å²) in [4.78, 5) is 0. The molecule has 0 fully saturated rings. The molecule has 0 aromatic heterocycles. The van der Waals surface area contributed by atoms with Gasteiger partial charge in [-0.2, -0.15) is 0 Å². The molecule has 3 heteroatoms. The molecule has 0 spiro atoms. The Morgan fingerprint density at radius 3 is 2.44 bits per heavy atom. The van der Waals surface area contributed by atoms with Crippen molar-refractivity contribution < 1.29 is 5.11 Å². The Bertz CT molecular complexity index is 496. The molecule has 0 aliphatic rings. The Morgan fingerprint density at radius 1 is 1.06 bits per heavy atom. The Balaban J connectivity index is 2.58. The molecule has 1 N–H and O–H groups in total. The predicted octanol–water partition coefficient (Wildman–Crippen LogP) is 4.16. The van der Waals surface area contributed by atoms with Gasteiger partial charge in [0, 0.05) is 16.3 Å². The lowest BCUT2D eigenvalue weighted by Gasteiger charge is -2.13. The molecule has 0 aliphatic heterocycles. The van der Waals surface area contributed by atoms with Gasteiger partial charge in [0.05, 0.1) is 6.10 Å². The van der Waals surface area contributed by atoms with Crippen LogP contribution in [0, 0.1) is 0 Å². The summed E-state index contributed by atoms with van der Waals surface area (Å²) in [5, 5.41) is 12.6. The third kappa shape index (κ3) is 2.17. The number of fused-ring (bicyclic) bond motifs is 1. The Hall–Kier alpha value is -0.760. The number of hydrogen-bond acceptors (Lipinski definition) is 1. The van der Waals surface area contributed by atoms with Gasteiger partial charge in [-0.25, -0.2) is 0 Å². The summed E-state index contributed by atoms with van der Waals surface area (Å²) in [6.07, 6.45) is 0.0207. The average molecular weight is 255 g/mol. The second-order valence-corrected chi connectivity index (χ2v) is 4.46. The van der Waals surface area contributed by atoms with Gasteiger partial charge in [0.2, 0.25) is 0 Å². The van der Waals surface area contributed by atoms with E-state index in [1.807, 2.05) is 36.4 Å². The van der Waals surface area contributed by atoms with Crippen molar-refractivity contribution in [2.24, 2.45) is 0 Å². The van der Waals surface area contributed by atoms with Crippen molar-refractivity contribution in [3.05, 3.63) is 47.0 Å².